The molecule has 1 unspecified atom stereocenters. The van der Waals surface area contributed by atoms with E-state index >= 15 is 0 Å². The number of hydrogen-bond donors (Lipinski definition) is 1. The number of nitrogens with one attached hydrogen (secondary N) is 1. The third kappa shape index (κ3) is 30.2. The Balaban J connectivity index is 2.26. The minimum absolute atomic E-state index is 0.0140. The molecule has 0 saturated carbocycles. The number of hydrogen-bond acceptors (Lipinski definition) is 7. The van der Waals surface area contributed by atoms with Crippen molar-refractivity contribution in [2.75, 3.05) is 26.3 Å². The van der Waals surface area contributed by atoms with E-state index in [1.165, 1.54) is 25.7 Å². The lowest BCUT2D eigenvalue weighted by molar-refractivity contribution is -0.152. The van der Waals surface area contributed by atoms with Crippen LogP contribution in [0.4, 0.5) is 4.79 Å². The first-order valence-electron chi connectivity index (χ1n) is 21.6. The molecule has 8 nitrogen and oxygen atoms in total. The number of unbranched alkanes of at least 4 members (excludes halogenated alkanes) is 13. The number of ether oxygens (including phenoxy) is 3. The van der Waals surface area contributed by atoms with Gasteiger partial charge in [-0.25, -0.2) is 4.79 Å². The highest BCUT2D eigenvalue weighted by atomic mass is 16.6. The molecular weight excluding hydrogens is 677 g/mol. The van der Waals surface area contributed by atoms with E-state index in [9.17, 15) is 14.4 Å². The number of allylic oxidation sites excluding steroid dienone is 10. The van der Waals surface area contributed by atoms with Crippen molar-refractivity contribution in [1.29, 1.82) is 0 Å². The summed E-state index contributed by atoms with van der Waals surface area (Å²) in [5, 5.41) is 2.87. The maximum absolute atomic E-state index is 12.6. The fraction of sp³-hybridized carbons (Fsp3) is 0.717. The number of likely N-dealkylation sites (tertiary alicyclic amines) is 1. The highest BCUT2D eigenvalue weighted by molar-refractivity contribution is 5.70. The number of carbonyl (C=O) groups excluding carboxylic acids is 3. The maximum atomic E-state index is 12.6. The molecule has 0 aromatic rings. The van der Waals surface area contributed by atoms with Gasteiger partial charge in [-0.15, -0.1) is 0 Å². The van der Waals surface area contributed by atoms with Crippen molar-refractivity contribution in [3.63, 3.8) is 0 Å². The molecule has 0 aromatic heterocycles. The van der Waals surface area contributed by atoms with E-state index in [0.717, 1.165) is 116 Å². The van der Waals surface area contributed by atoms with E-state index in [4.69, 9.17) is 14.2 Å². The summed E-state index contributed by atoms with van der Waals surface area (Å²) in [5.74, 6) is -0.649. The van der Waals surface area contributed by atoms with Crippen molar-refractivity contribution < 1.29 is 28.6 Å². The molecule has 1 aliphatic heterocycles. The SMILES string of the molecule is CC/C=C\C/C=C\C/C=C\CCCCCCCC(=O)OCC(COC(=O)CCCCCCC/C=C\C/C=C\CCCCC)OC(=O)NC1CN(C(C)C)C1. The number of amides is 1. The quantitative estimate of drug-likeness (QED) is 0.0302. The van der Waals surface area contributed by atoms with Gasteiger partial charge in [0.25, 0.3) is 0 Å². The standard InChI is InChI=1S/C46H78N2O6/c1-5-7-9-11-13-15-17-19-21-23-25-27-29-31-33-35-44(49)52-39-43(54-46(51)47-42-37-48(38-42)41(3)4)40-53-45(50)36-34-32-30-28-26-24-22-20-18-16-14-12-10-8-6-2/h7,9,13-16,19-22,41-43H,5-6,8,10-12,17-18,23-40H2,1-4H3,(H,47,51)/b9-7-,15-13-,16-14-,21-19-,22-20-. The molecule has 1 atom stereocenters. The van der Waals surface area contributed by atoms with Crippen molar-refractivity contribution in [3.8, 4) is 0 Å². The van der Waals surface area contributed by atoms with Crippen molar-refractivity contribution >= 4 is 18.0 Å². The minimum atomic E-state index is -0.856. The van der Waals surface area contributed by atoms with Gasteiger partial charge in [-0.05, 0) is 90.9 Å². The molecular formula is C46H78N2O6. The molecule has 1 N–H and O–H groups in total. The molecule has 308 valence electrons. The summed E-state index contributed by atoms with van der Waals surface area (Å²) >= 11 is 0. The van der Waals surface area contributed by atoms with E-state index in [-0.39, 0.29) is 31.2 Å². The molecule has 1 heterocycles. The molecule has 1 amide bonds. The monoisotopic (exact) mass is 755 g/mol. The van der Waals surface area contributed by atoms with Crippen LogP contribution >= 0.6 is 0 Å². The van der Waals surface area contributed by atoms with Gasteiger partial charge in [-0.1, -0.05) is 126 Å². The van der Waals surface area contributed by atoms with Crippen molar-refractivity contribution in [2.45, 2.75) is 187 Å². The molecule has 54 heavy (non-hydrogen) atoms. The smallest absolute Gasteiger partial charge is 0.407 e. The zero-order chi connectivity index (χ0) is 39.3. The minimum Gasteiger partial charge on any atom is -0.462 e. The fourth-order valence-electron chi connectivity index (χ4n) is 5.98. The number of nitrogens with zero attached hydrogens (tertiary/aromatic N) is 1. The number of rotatable bonds is 34. The number of esters is 2. The van der Waals surface area contributed by atoms with Gasteiger partial charge in [0.15, 0.2) is 6.10 Å². The van der Waals surface area contributed by atoms with Gasteiger partial charge in [0.1, 0.15) is 13.2 Å². The van der Waals surface area contributed by atoms with Gasteiger partial charge in [0.2, 0.25) is 0 Å². The molecule has 1 saturated heterocycles. The van der Waals surface area contributed by atoms with E-state index in [1.807, 2.05) is 0 Å². The summed E-state index contributed by atoms with van der Waals surface area (Å²) in [6, 6.07) is 0.433. The number of alkyl carbamates (subject to hydrolysis) is 1. The summed E-state index contributed by atoms with van der Waals surface area (Å²) in [6.45, 7) is 9.88. The van der Waals surface area contributed by atoms with Crippen LogP contribution in [-0.4, -0.2) is 67.4 Å². The molecule has 1 rings (SSSR count). The molecule has 8 heteroatoms. The molecule has 0 radical (unpaired) electrons. The highest BCUT2D eigenvalue weighted by Gasteiger charge is 2.31. The Morgan fingerprint density at radius 1 is 0.593 bits per heavy atom. The lowest BCUT2D eigenvalue weighted by Gasteiger charge is -2.42. The van der Waals surface area contributed by atoms with Crippen LogP contribution in [0.1, 0.15) is 169 Å². The third-order valence-electron chi connectivity index (χ3n) is 9.46. The molecule has 0 aliphatic carbocycles. The Bertz CT molecular complexity index is 1090. The van der Waals surface area contributed by atoms with Crippen molar-refractivity contribution in [3.05, 3.63) is 60.8 Å². The van der Waals surface area contributed by atoms with Crippen LogP contribution in [0.5, 0.6) is 0 Å². The van der Waals surface area contributed by atoms with Gasteiger partial charge in [-0.3, -0.25) is 14.5 Å². The molecule has 0 aromatic carbocycles. The normalized spacial score (nSPS) is 14.6. The largest absolute Gasteiger partial charge is 0.462 e. The van der Waals surface area contributed by atoms with Crippen molar-refractivity contribution in [2.24, 2.45) is 0 Å². The number of carbonyl (C=O) groups is 3. The second-order valence-corrected chi connectivity index (χ2v) is 14.9. The Kier molecular flexibility index (Phi) is 32.2. The fourth-order valence-corrected chi connectivity index (χ4v) is 5.98. The summed E-state index contributed by atoms with van der Waals surface area (Å²) < 4.78 is 16.5. The lowest BCUT2D eigenvalue weighted by Crippen LogP contribution is -2.61. The molecule has 0 bridgehead atoms. The summed E-state index contributed by atoms with van der Waals surface area (Å²) in [6.07, 6.45) is 43.1. The zero-order valence-electron chi connectivity index (χ0n) is 34.8. The Morgan fingerprint density at radius 2 is 1.02 bits per heavy atom. The van der Waals surface area contributed by atoms with Crippen LogP contribution in [0.3, 0.4) is 0 Å². The first-order valence-corrected chi connectivity index (χ1v) is 21.6. The topological polar surface area (TPSA) is 94.2 Å². The first kappa shape index (κ1) is 48.9. The van der Waals surface area contributed by atoms with E-state index in [1.54, 1.807) is 0 Å². The zero-order valence-corrected chi connectivity index (χ0v) is 34.8. The lowest BCUT2D eigenvalue weighted by atomic mass is 10.1. The first-order chi connectivity index (χ1) is 26.3. The molecule has 0 spiro atoms. The second-order valence-electron chi connectivity index (χ2n) is 14.9. The maximum Gasteiger partial charge on any atom is 0.407 e. The van der Waals surface area contributed by atoms with Crippen molar-refractivity contribution in [1.82, 2.24) is 10.2 Å². The van der Waals surface area contributed by atoms with Crippen LogP contribution in [0.15, 0.2) is 60.8 Å². The summed E-state index contributed by atoms with van der Waals surface area (Å²) in [4.78, 5) is 39.9. The van der Waals surface area contributed by atoms with Gasteiger partial charge in [-0.2, -0.15) is 0 Å². The second kappa shape index (κ2) is 35.6. The Labute approximate surface area is 330 Å². The van der Waals surface area contributed by atoms with Gasteiger partial charge >= 0.3 is 18.0 Å². The average Bonchev–Trinajstić information content (AvgIpc) is 3.13. The molecule has 1 aliphatic rings. The third-order valence-corrected chi connectivity index (χ3v) is 9.46. The highest BCUT2D eigenvalue weighted by Crippen LogP contribution is 2.13. The predicted molar refractivity (Wildman–Crippen MR) is 224 cm³/mol. The van der Waals surface area contributed by atoms with E-state index < -0.39 is 12.2 Å². The van der Waals surface area contributed by atoms with Gasteiger partial charge < -0.3 is 19.5 Å². The average molecular weight is 755 g/mol. The van der Waals surface area contributed by atoms with E-state index in [2.05, 4.69) is 98.7 Å². The summed E-state index contributed by atoms with van der Waals surface area (Å²) in [5.41, 5.74) is 0. The Morgan fingerprint density at radius 3 is 1.48 bits per heavy atom. The summed E-state index contributed by atoms with van der Waals surface area (Å²) in [7, 11) is 0. The van der Waals surface area contributed by atoms with E-state index in [0.29, 0.717) is 18.9 Å². The predicted octanol–water partition coefficient (Wildman–Crippen LogP) is 11.7. The van der Waals surface area contributed by atoms with Crippen LogP contribution in [0, 0.1) is 0 Å². The van der Waals surface area contributed by atoms with Crippen LogP contribution in [0.25, 0.3) is 0 Å². The van der Waals surface area contributed by atoms with Crippen LogP contribution in [0.2, 0.25) is 0 Å². The Hall–Kier alpha value is -3.13. The van der Waals surface area contributed by atoms with Gasteiger partial charge in [0.05, 0.1) is 6.04 Å². The van der Waals surface area contributed by atoms with Gasteiger partial charge in [0, 0.05) is 32.0 Å². The van der Waals surface area contributed by atoms with Crippen LogP contribution in [-0.2, 0) is 23.8 Å². The van der Waals surface area contributed by atoms with Crippen LogP contribution < -0.4 is 5.32 Å². The molecule has 1 fully saturated rings.